The number of ether oxygens (including phenoxy) is 5. The van der Waals surface area contributed by atoms with E-state index in [1.54, 1.807) is 9.36 Å². The van der Waals surface area contributed by atoms with E-state index < -0.39 is 60.7 Å². The van der Waals surface area contributed by atoms with Gasteiger partial charge >= 0.3 is 30.9 Å². The normalized spacial score (nSPS) is 11.3. The molecule has 15 N–H and O–H groups in total. The fraction of sp³-hybridized carbons (Fsp3) is 0.392. The second-order valence-corrected chi connectivity index (χ2v) is 17.5. The number of carboxylic acids is 5. The standard InChI is InChI=1S/C41H53N11O5.5C2HF3O2/c42-12-1-17-53-37-11-10-33(24-38(37)54-18-2-13-43)51-27-35(47-49-51)30-8-6-29-7-9-31(23-32(29)22-30)36-28-52(50-48-36)34-25-39(55-19-3-14-44)41(57-21-5-16-46)40(26-34)56-20-4-15-45;5*3-2(4,5)1(6)7/h6-11,22-28H,1-5,12-21,42-46H2;5*(H,6,7). The van der Waals surface area contributed by atoms with E-state index in [1.807, 2.05) is 42.7 Å². The van der Waals surface area contributed by atoms with Crippen molar-refractivity contribution < 1.29 is 168 Å². The van der Waals surface area contributed by atoms with Crippen LogP contribution < -0.4 is 77.9 Å². The molecule has 0 aliphatic rings. The molecule has 0 amide bonds. The van der Waals surface area contributed by atoms with Crippen LogP contribution >= 0.6 is 0 Å². The molecule has 0 bridgehead atoms. The minimum atomic E-state index is -5.19. The Morgan fingerprint density at radius 3 is 0.967 bits per heavy atom. The summed E-state index contributed by atoms with van der Waals surface area (Å²) in [6, 6.07) is 22.1. The number of halogens is 15. The van der Waals surface area contributed by atoms with Crippen molar-refractivity contribution in [1.82, 2.24) is 30.0 Å². The Balaban J connectivity index is 0.000000977. The third-order valence-corrected chi connectivity index (χ3v) is 10.3. The number of rotatable bonds is 24. The average Bonchev–Trinajstić information content (AvgIpc) is 1.51. The van der Waals surface area contributed by atoms with Crippen LogP contribution in [0.15, 0.2) is 79.1 Å². The quantitative estimate of drug-likeness (QED) is 0.0296. The van der Waals surface area contributed by atoms with Crippen LogP contribution in [0.5, 0.6) is 28.7 Å². The lowest BCUT2D eigenvalue weighted by Gasteiger charge is -2.18. The van der Waals surface area contributed by atoms with Crippen LogP contribution in [0.3, 0.4) is 0 Å². The minimum Gasteiger partial charge on any atom is -0.542 e. The topological polar surface area (TPSA) is 446 Å². The van der Waals surface area contributed by atoms with Crippen molar-refractivity contribution in [3.8, 4) is 62.6 Å². The largest absolute Gasteiger partial charge is 0.542 e. The Morgan fingerprint density at radius 1 is 0.370 bits per heavy atom. The molecule has 2 aromatic heterocycles. The first-order chi connectivity index (χ1) is 42.8. The predicted molar refractivity (Wildman–Crippen MR) is 269 cm³/mol. The van der Waals surface area contributed by atoms with Crippen molar-refractivity contribution in [1.29, 1.82) is 0 Å². The molecule has 512 valence electrons. The number of fused-ring (bicyclic) bond motifs is 1. The lowest BCUT2D eigenvalue weighted by molar-refractivity contribution is -0.369. The number of hydrogen-bond acceptors (Lipinski definition) is 19. The maximum atomic E-state index is 10.5. The van der Waals surface area contributed by atoms with E-state index in [9.17, 15) is 65.9 Å². The van der Waals surface area contributed by atoms with Gasteiger partial charge in [0, 0.05) is 61.4 Å². The van der Waals surface area contributed by atoms with Crippen molar-refractivity contribution in [3.05, 3.63) is 79.1 Å². The molecule has 26 nitrogen and oxygen atoms in total. The van der Waals surface area contributed by atoms with E-state index >= 15 is 0 Å². The summed E-state index contributed by atoms with van der Waals surface area (Å²) in [5.41, 5.74) is 24.5. The van der Waals surface area contributed by atoms with Gasteiger partial charge in [-0.1, -0.05) is 34.7 Å². The molecule has 92 heavy (non-hydrogen) atoms. The molecule has 0 fully saturated rings. The zero-order chi connectivity index (χ0) is 70.2. The van der Waals surface area contributed by atoms with Gasteiger partial charge in [-0.25, -0.2) is 9.36 Å². The summed E-state index contributed by atoms with van der Waals surface area (Å²) in [5.74, 6) is -11.9. The Morgan fingerprint density at radius 2 is 0.652 bits per heavy atom. The first kappa shape index (κ1) is 80.5. The van der Waals surface area contributed by atoms with Crippen LogP contribution in [0, 0.1) is 0 Å². The zero-order valence-electron chi connectivity index (χ0n) is 47.6. The number of benzene rings is 4. The fourth-order valence-corrected chi connectivity index (χ4v) is 5.95. The van der Waals surface area contributed by atoms with Crippen LogP contribution in [0.4, 0.5) is 65.9 Å². The Bertz CT molecular complexity index is 3100. The molecule has 0 radical (unpaired) electrons. The minimum absolute atomic E-state index is 0.502. The lowest BCUT2D eigenvalue weighted by atomic mass is 10.0. The Kier molecular flexibility index (Phi) is 33.5. The summed E-state index contributed by atoms with van der Waals surface area (Å²) in [6.07, 6.45) is -18.0. The third kappa shape index (κ3) is 29.9. The molecule has 0 saturated carbocycles. The molecular weight excluding hydrogens is 1290 g/mol. The highest BCUT2D eigenvalue weighted by molar-refractivity contribution is 5.90. The Hall–Kier alpha value is -9.48. The van der Waals surface area contributed by atoms with Gasteiger partial charge in [0.1, 0.15) is 41.2 Å². The summed E-state index contributed by atoms with van der Waals surface area (Å²) in [4.78, 5) is 43.9. The maximum Gasteiger partial charge on any atom is 0.430 e. The van der Waals surface area contributed by atoms with Crippen LogP contribution in [0.1, 0.15) is 32.1 Å². The number of aromatic nitrogens is 6. The monoisotopic (exact) mass is 1350 g/mol. The summed E-state index contributed by atoms with van der Waals surface area (Å²) in [5, 5.41) is 64.1. The molecule has 4 aromatic carbocycles. The number of carboxylic acid groups (broad SMARTS) is 5. The van der Waals surface area contributed by atoms with Gasteiger partial charge < -0.3 is 102 Å². The number of aliphatic carboxylic acids is 5. The number of hydrogen-bond donors (Lipinski definition) is 5. The molecule has 41 heteroatoms. The molecule has 6 rings (SSSR count). The summed E-state index contributed by atoms with van der Waals surface area (Å²) >= 11 is 0. The first-order valence-electron chi connectivity index (χ1n) is 26.0. The van der Waals surface area contributed by atoms with Gasteiger partial charge in [-0.3, -0.25) is 0 Å². The van der Waals surface area contributed by atoms with Gasteiger partial charge in [0.2, 0.25) is 5.75 Å². The smallest absolute Gasteiger partial charge is 0.430 e. The molecule has 0 unspecified atom stereocenters. The summed E-state index contributed by atoms with van der Waals surface area (Å²) in [7, 11) is 0. The van der Waals surface area contributed by atoms with E-state index in [2.05, 4.69) is 85.7 Å². The molecule has 0 spiro atoms. The average molecular weight is 1350 g/mol. The Labute approximate surface area is 508 Å². The van der Waals surface area contributed by atoms with Crippen molar-refractivity contribution in [2.45, 2.75) is 63.0 Å². The lowest BCUT2D eigenvalue weighted by Crippen LogP contribution is -2.50. The van der Waals surface area contributed by atoms with E-state index in [0.29, 0.717) is 61.8 Å². The van der Waals surface area contributed by atoms with Crippen LogP contribution in [0.25, 0.3) is 44.7 Å². The number of carbonyl (C=O) groups excluding carboxylic acids is 5. The van der Waals surface area contributed by atoms with Gasteiger partial charge in [-0.15, -0.1) is 10.2 Å². The van der Waals surface area contributed by atoms with Crippen molar-refractivity contribution in [2.75, 3.05) is 65.8 Å². The van der Waals surface area contributed by atoms with Crippen LogP contribution in [-0.4, -0.2) is 156 Å². The predicted octanol–water partition coefficient (Wildman–Crippen LogP) is -3.12. The molecule has 0 saturated heterocycles. The van der Waals surface area contributed by atoms with Crippen molar-refractivity contribution >= 4 is 40.6 Å². The number of carbonyl (C=O) groups is 5. The molecule has 0 atom stereocenters. The number of alkyl halides is 15. The molecule has 0 aliphatic carbocycles. The molecule has 0 aliphatic heterocycles. The maximum absolute atomic E-state index is 10.5. The van der Waals surface area contributed by atoms with Gasteiger partial charge in [-0.05, 0) is 35.0 Å². The van der Waals surface area contributed by atoms with Crippen molar-refractivity contribution in [2.24, 2.45) is 0 Å². The van der Waals surface area contributed by atoms with Crippen molar-refractivity contribution in [3.63, 3.8) is 0 Å². The van der Waals surface area contributed by atoms with E-state index in [4.69, 9.17) is 73.2 Å². The van der Waals surface area contributed by atoms with E-state index in [0.717, 1.165) is 109 Å². The van der Waals surface area contributed by atoms with Gasteiger partial charge in [0.15, 0.2) is 23.0 Å². The highest BCUT2D eigenvalue weighted by Gasteiger charge is 2.31. The third-order valence-electron chi connectivity index (χ3n) is 10.3. The number of nitrogens with zero attached hydrogens (tertiary/aromatic N) is 6. The van der Waals surface area contributed by atoms with Crippen LogP contribution in [0.2, 0.25) is 0 Å². The first-order valence-corrected chi connectivity index (χ1v) is 26.0. The summed E-state index contributed by atoms with van der Waals surface area (Å²) < 4.78 is 192. The van der Waals surface area contributed by atoms with Gasteiger partial charge in [-0.2, -0.15) is 65.9 Å². The van der Waals surface area contributed by atoms with Gasteiger partial charge in [0.25, 0.3) is 0 Å². The molecule has 6 aromatic rings. The molecule has 2 heterocycles. The number of quaternary nitrogens is 5. The fourth-order valence-electron chi connectivity index (χ4n) is 5.95. The van der Waals surface area contributed by atoms with Crippen LogP contribution in [-0.2, 0) is 24.0 Å². The van der Waals surface area contributed by atoms with E-state index in [1.165, 1.54) is 0 Å². The van der Waals surface area contributed by atoms with Gasteiger partial charge in [0.05, 0.1) is 89.5 Å². The van der Waals surface area contributed by atoms with E-state index in [-0.39, 0.29) is 0 Å². The molecular formula is C51H58F15N11O15. The highest BCUT2D eigenvalue weighted by atomic mass is 19.4. The highest BCUT2D eigenvalue weighted by Crippen LogP contribution is 2.41. The SMILES string of the molecule is O=C([O-])C(F)(F)F.O=C([O-])C(F)(F)F.O=C([O-])C(F)(F)F.O=C([O-])C(F)(F)F.O=C([O-])C(F)(F)F.[NH3+]CCCOc1ccc(-n2cc(-c3ccc4ccc(-c5cn(-c6cc(OCCC[NH3+])c(OCCC[NH3+])c(OCCC[NH3+])c6)nn5)cc4c3)nn2)cc1OCCC[NH3+]. The summed E-state index contributed by atoms with van der Waals surface area (Å²) in [6.45, 7) is 6.54. The zero-order valence-corrected chi connectivity index (χ0v) is 47.6. The second-order valence-electron chi connectivity index (χ2n) is 17.5. The second kappa shape index (κ2) is 38.3.